The van der Waals surface area contributed by atoms with E-state index in [-0.39, 0.29) is 42.1 Å². The summed E-state index contributed by atoms with van der Waals surface area (Å²) in [5.74, 6) is -0.623. The monoisotopic (exact) mass is 454 g/mol. The number of benzene rings is 2. The van der Waals surface area contributed by atoms with Gasteiger partial charge >= 0.3 is 5.97 Å². The fraction of sp³-hybridized carbons (Fsp3) is 0.375. The Bertz CT molecular complexity index is 1020. The van der Waals surface area contributed by atoms with E-state index in [1.54, 1.807) is 0 Å². The Labute approximate surface area is 192 Å². The Balaban J connectivity index is 1.99. The van der Waals surface area contributed by atoms with Crippen LogP contribution in [0.2, 0.25) is 0 Å². The molecule has 0 unspecified atom stereocenters. The van der Waals surface area contributed by atoms with Crippen LogP contribution in [-0.4, -0.2) is 64.3 Å². The molecule has 2 aromatic rings. The SMILES string of the molecule is COCOc1cc(OCOC)c(C(=O)N2C[C@@H](c3ccccc3)C[C@@H]2C(=O)OC)cc1C#N. The number of nitriles is 1. The Hall–Kier alpha value is -3.61. The third-order valence-corrected chi connectivity index (χ3v) is 5.40. The minimum Gasteiger partial charge on any atom is -0.467 e. The summed E-state index contributed by atoms with van der Waals surface area (Å²) < 4.78 is 25.9. The highest BCUT2D eigenvalue weighted by Crippen LogP contribution is 2.36. The summed E-state index contributed by atoms with van der Waals surface area (Å²) in [7, 11) is 4.20. The van der Waals surface area contributed by atoms with Crippen LogP contribution in [0.25, 0.3) is 0 Å². The number of methoxy groups -OCH3 is 3. The number of likely N-dealkylation sites (tertiary alicyclic amines) is 1. The van der Waals surface area contributed by atoms with Gasteiger partial charge in [-0.2, -0.15) is 5.26 Å². The van der Waals surface area contributed by atoms with Gasteiger partial charge in [0.25, 0.3) is 5.91 Å². The van der Waals surface area contributed by atoms with Crippen molar-refractivity contribution in [1.82, 2.24) is 4.90 Å². The average Bonchev–Trinajstić information content (AvgIpc) is 3.31. The smallest absolute Gasteiger partial charge is 0.328 e. The lowest BCUT2D eigenvalue weighted by molar-refractivity contribution is -0.145. The van der Waals surface area contributed by atoms with E-state index in [0.717, 1.165) is 5.56 Å². The molecule has 174 valence electrons. The van der Waals surface area contributed by atoms with Crippen molar-refractivity contribution in [2.45, 2.75) is 18.4 Å². The minimum atomic E-state index is -0.766. The van der Waals surface area contributed by atoms with Crippen molar-refractivity contribution in [1.29, 1.82) is 5.26 Å². The molecule has 3 rings (SSSR count). The molecule has 2 aromatic carbocycles. The first-order valence-corrected chi connectivity index (χ1v) is 10.3. The second-order valence-corrected chi connectivity index (χ2v) is 7.40. The largest absolute Gasteiger partial charge is 0.467 e. The molecule has 33 heavy (non-hydrogen) atoms. The first-order chi connectivity index (χ1) is 16.0. The number of hydrogen-bond donors (Lipinski definition) is 0. The van der Waals surface area contributed by atoms with Gasteiger partial charge in [0.2, 0.25) is 0 Å². The summed E-state index contributed by atoms with van der Waals surface area (Å²) in [4.78, 5) is 27.7. The summed E-state index contributed by atoms with van der Waals surface area (Å²) in [5, 5.41) is 9.59. The van der Waals surface area contributed by atoms with E-state index in [4.69, 9.17) is 23.7 Å². The molecule has 0 N–H and O–H groups in total. The molecule has 0 bridgehead atoms. The fourth-order valence-electron chi connectivity index (χ4n) is 3.84. The maximum absolute atomic E-state index is 13.7. The first-order valence-electron chi connectivity index (χ1n) is 10.3. The Kier molecular flexibility index (Phi) is 8.24. The summed E-state index contributed by atoms with van der Waals surface area (Å²) in [6.45, 7) is 0.111. The molecule has 1 heterocycles. The second-order valence-electron chi connectivity index (χ2n) is 7.40. The van der Waals surface area contributed by atoms with Crippen molar-refractivity contribution >= 4 is 11.9 Å². The highest BCUT2D eigenvalue weighted by Gasteiger charge is 2.42. The maximum Gasteiger partial charge on any atom is 0.328 e. The van der Waals surface area contributed by atoms with E-state index in [2.05, 4.69) is 0 Å². The standard InChI is InChI=1S/C24H26N2O7/c1-29-14-32-21-11-22(33-15-30-2)19(9-17(21)12-25)23(27)26-13-18(10-20(26)24(28)31-3)16-7-5-4-6-8-16/h4-9,11,18,20H,10,13-15H2,1-3H3/t18-,20+/m0/s1. The van der Waals surface area contributed by atoms with Gasteiger partial charge in [-0.15, -0.1) is 0 Å². The predicted octanol–water partition coefficient (Wildman–Crippen LogP) is 2.69. The zero-order chi connectivity index (χ0) is 23.8. The molecule has 1 amide bonds. The van der Waals surface area contributed by atoms with E-state index in [1.807, 2.05) is 36.4 Å². The van der Waals surface area contributed by atoms with Crippen LogP contribution in [0, 0.1) is 11.3 Å². The lowest BCUT2D eigenvalue weighted by Gasteiger charge is -2.24. The predicted molar refractivity (Wildman–Crippen MR) is 117 cm³/mol. The zero-order valence-electron chi connectivity index (χ0n) is 18.8. The van der Waals surface area contributed by atoms with Gasteiger partial charge in [0.1, 0.15) is 23.6 Å². The van der Waals surface area contributed by atoms with Crippen molar-refractivity contribution < 1.29 is 33.3 Å². The summed E-state index contributed by atoms with van der Waals surface area (Å²) in [5.41, 5.74) is 1.28. The van der Waals surface area contributed by atoms with Crippen molar-refractivity contribution in [2.75, 3.05) is 41.5 Å². The third-order valence-electron chi connectivity index (χ3n) is 5.40. The van der Waals surface area contributed by atoms with Gasteiger partial charge in [0.15, 0.2) is 13.6 Å². The number of esters is 1. The van der Waals surface area contributed by atoms with Gasteiger partial charge < -0.3 is 28.6 Å². The number of carbonyl (C=O) groups is 2. The molecule has 9 heteroatoms. The third kappa shape index (κ3) is 5.42. The van der Waals surface area contributed by atoms with Crippen molar-refractivity contribution in [2.24, 2.45) is 0 Å². The van der Waals surface area contributed by atoms with Gasteiger partial charge in [-0.05, 0) is 18.1 Å². The Morgan fingerprint density at radius 3 is 2.30 bits per heavy atom. The number of amides is 1. The Morgan fingerprint density at radius 2 is 1.70 bits per heavy atom. The summed E-state index contributed by atoms with van der Waals surface area (Å²) in [6, 6.07) is 13.8. The first kappa shape index (κ1) is 24.0. The number of carbonyl (C=O) groups excluding carboxylic acids is 2. The summed E-state index contributed by atoms with van der Waals surface area (Å²) >= 11 is 0. The van der Waals surface area contributed by atoms with Gasteiger partial charge in [-0.1, -0.05) is 30.3 Å². The van der Waals surface area contributed by atoms with E-state index < -0.39 is 17.9 Å². The highest BCUT2D eigenvalue weighted by molar-refractivity contribution is 6.00. The molecule has 0 spiro atoms. The van der Waals surface area contributed by atoms with Crippen LogP contribution in [0.5, 0.6) is 11.5 Å². The molecule has 2 atom stereocenters. The second kappa shape index (κ2) is 11.3. The van der Waals surface area contributed by atoms with Gasteiger partial charge in [0.05, 0.1) is 18.2 Å². The maximum atomic E-state index is 13.7. The van der Waals surface area contributed by atoms with E-state index >= 15 is 0 Å². The number of rotatable bonds is 9. The quantitative estimate of drug-likeness (QED) is 0.420. The van der Waals surface area contributed by atoms with Crippen molar-refractivity contribution in [3.63, 3.8) is 0 Å². The van der Waals surface area contributed by atoms with Crippen LogP contribution in [0.4, 0.5) is 0 Å². The molecule has 1 aliphatic heterocycles. The molecule has 0 saturated carbocycles. The van der Waals surface area contributed by atoms with E-state index in [0.29, 0.717) is 13.0 Å². The fourth-order valence-corrected chi connectivity index (χ4v) is 3.84. The van der Waals surface area contributed by atoms with Gasteiger partial charge in [-0.25, -0.2) is 4.79 Å². The van der Waals surface area contributed by atoms with Crippen molar-refractivity contribution in [3.05, 3.63) is 59.2 Å². The topological polar surface area (TPSA) is 107 Å². The van der Waals surface area contributed by atoms with Gasteiger partial charge in [0, 0.05) is 32.7 Å². The number of ether oxygens (including phenoxy) is 5. The van der Waals surface area contributed by atoms with Crippen molar-refractivity contribution in [3.8, 4) is 17.6 Å². The summed E-state index contributed by atoms with van der Waals surface area (Å²) in [6.07, 6.45) is 0.427. The van der Waals surface area contributed by atoms with Crippen LogP contribution in [0.3, 0.4) is 0 Å². The van der Waals surface area contributed by atoms with Crippen LogP contribution < -0.4 is 9.47 Å². The lowest BCUT2D eigenvalue weighted by Crippen LogP contribution is -2.41. The normalized spacial score (nSPS) is 17.3. The lowest BCUT2D eigenvalue weighted by atomic mass is 9.96. The molecular formula is C24H26N2O7. The number of hydrogen-bond acceptors (Lipinski definition) is 8. The van der Waals surface area contributed by atoms with Crippen LogP contribution in [0.1, 0.15) is 33.8 Å². The highest BCUT2D eigenvalue weighted by atomic mass is 16.7. The van der Waals surface area contributed by atoms with E-state index in [9.17, 15) is 14.9 Å². The molecule has 0 aromatic heterocycles. The molecule has 0 aliphatic carbocycles. The molecule has 1 aliphatic rings. The van der Waals surface area contributed by atoms with Gasteiger partial charge in [-0.3, -0.25) is 4.79 Å². The Morgan fingerprint density at radius 1 is 1.03 bits per heavy atom. The molecular weight excluding hydrogens is 428 g/mol. The van der Waals surface area contributed by atoms with E-state index in [1.165, 1.54) is 38.4 Å². The van der Waals surface area contributed by atoms with Crippen LogP contribution in [0.15, 0.2) is 42.5 Å². The molecule has 0 radical (unpaired) electrons. The van der Waals surface area contributed by atoms with Crippen LogP contribution >= 0.6 is 0 Å². The van der Waals surface area contributed by atoms with Crippen LogP contribution in [-0.2, 0) is 19.0 Å². The molecule has 1 fully saturated rings. The number of nitrogens with zero attached hydrogens (tertiary/aromatic N) is 2. The molecule has 9 nitrogen and oxygen atoms in total. The zero-order valence-corrected chi connectivity index (χ0v) is 18.8. The molecule has 1 saturated heterocycles. The average molecular weight is 454 g/mol. The minimum absolute atomic E-state index is 0.0395.